The van der Waals surface area contributed by atoms with Crippen LogP contribution in [0.2, 0.25) is 0 Å². The van der Waals surface area contributed by atoms with Crippen LogP contribution < -0.4 is 9.47 Å². The summed E-state index contributed by atoms with van der Waals surface area (Å²) in [6.45, 7) is 6.05. The molecule has 2 aliphatic rings. The molecule has 0 atom stereocenters. The molecule has 2 aromatic carbocycles. The second-order valence-corrected chi connectivity index (χ2v) is 6.98. The van der Waals surface area contributed by atoms with E-state index in [9.17, 15) is 4.79 Å². The van der Waals surface area contributed by atoms with Gasteiger partial charge in [-0.2, -0.15) is 0 Å². The van der Waals surface area contributed by atoms with E-state index in [1.165, 1.54) is 16.7 Å². The molecule has 0 bridgehead atoms. The fourth-order valence-corrected chi connectivity index (χ4v) is 3.66. The fraction of sp³-hybridized carbons (Fsp3) is 0.381. The molecule has 0 aliphatic carbocycles. The second kappa shape index (κ2) is 6.10. The Hall–Kier alpha value is -2.49. The van der Waals surface area contributed by atoms with Gasteiger partial charge in [0.2, 0.25) is 0 Å². The zero-order valence-corrected chi connectivity index (χ0v) is 15.0. The van der Waals surface area contributed by atoms with Crippen molar-refractivity contribution in [3.63, 3.8) is 0 Å². The Morgan fingerprint density at radius 3 is 2.68 bits per heavy atom. The molecule has 0 radical (unpaired) electrons. The van der Waals surface area contributed by atoms with Gasteiger partial charge in [-0.15, -0.1) is 0 Å². The number of hydrogen-bond acceptors (Lipinski definition) is 3. The summed E-state index contributed by atoms with van der Waals surface area (Å²) in [5.74, 6) is 1.96. The summed E-state index contributed by atoms with van der Waals surface area (Å²) < 4.78 is 11.6. The van der Waals surface area contributed by atoms with E-state index in [0.717, 1.165) is 41.0 Å². The first-order valence-electron chi connectivity index (χ1n) is 8.80. The van der Waals surface area contributed by atoms with Gasteiger partial charge in [0.15, 0.2) is 0 Å². The molecule has 4 heteroatoms. The monoisotopic (exact) mass is 337 g/mol. The molecule has 0 N–H and O–H groups in total. The summed E-state index contributed by atoms with van der Waals surface area (Å²) in [4.78, 5) is 14.6. The summed E-state index contributed by atoms with van der Waals surface area (Å²) in [6.07, 6.45) is 1.79. The van der Waals surface area contributed by atoms with Crippen LogP contribution in [0.25, 0.3) is 0 Å². The summed E-state index contributed by atoms with van der Waals surface area (Å²) in [7, 11) is 1.86. The van der Waals surface area contributed by atoms with Crippen molar-refractivity contribution in [2.45, 2.75) is 33.2 Å². The normalized spacial score (nSPS) is 14.5. The van der Waals surface area contributed by atoms with Crippen molar-refractivity contribution in [2.24, 2.45) is 0 Å². The van der Waals surface area contributed by atoms with E-state index in [1.807, 2.05) is 32.2 Å². The Labute approximate surface area is 148 Å². The highest BCUT2D eigenvalue weighted by Crippen LogP contribution is 2.41. The molecule has 0 unspecified atom stereocenters. The lowest BCUT2D eigenvalue weighted by molar-refractivity contribution is 0.0784. The predicted molar refractivity (Wildman–Crippen MR) is 96.6 cm³/mol. The van der Waals surface area contributed by atoms with Gasteiger partial charge in [-0.25, -0.2) is 0 Å². The largest absolute Gasteiger partial charge is 0.493 e. The number of hydrogen-bond donors (Lipinski definition) is 0. The minimum absolute atomic E-state index is 0.0337. The first kappa shape index (κ1) is 16.0. The number of aryl methyl sites for hydroxylation is 2. The zero-order chi connectivity index (χ0) is 17.6. The van der Waals surface area contributed by atoms with Crippen molar-refractivity contribution in [1.82, 2.24) is 4.90 Å². The van der Waals surface area contributed by atoms with E-state index in [2.05, 4.69) is 13.0 Å². The van der Waals surface area contributed by atoms with Crippen LogP contribution in [-0.4, -0.2) is 31.1 Å². The number of nitrogens with zero attached hydrogens (tertiary/aromatic N) is 1. The number of fused-ring (bicyclic) bond motifs is 2. The number of rotatable bonds is 3. The molecule has 0 spiro atoms. The minimum atomic E-state index is 0.0337. The molecule has 4 rings (SSSR count). The third-order valence-corrected chi connectivity index (χ3v) is 5.26. The van der Waals surface area contributed by atoms with Gasteiger partial charge in [-0.05, 0) is 43.2 Å². The van der Waals surface area contributed by atoms with E-state index in [1.54, 1.807) is 4.90 Å². The average Bonchev–Trinajstić information content (AvgIpc) is 3.25. The standard InChI is InChI=1S/C21H23NO3/c1-13-4-5-16(10-14(13)2)21(23)22(3)12-18-17-7-9-24-19(17)11-15-6-8-25-20(15)18/h4-5,10-11H,6-9,12H2,1-3H3. The van der Waals surface area contributed by atoms with Crippen LogP contribution >= 0.6 is 0 Å². The van der Waals surface area contributed by atoms with Crippen LogP contribution in [0, 0.1) is 13.8 Å². The molecule has 25 heavy (non-hydrogen) atoms. The fourth-order valence-electron chi connectivity index (χ4n) is 3.66. The maximum absolute atomic E-state index is 12.9. The SMILES string of the molecule is Cc1ccc(C(=O)N(C)Cc2c3c(cc4c2OCC4)OCC3)cc1C. The Morgan fingerprint density at radius 1 is 1.08 bits per heavy atom. The van der Waals surface area contributed by atoms with Gasteiger partial charge in [0.1, 0.15) is 11.5 Å². The van der Waals surface area contributed by atoms with Crippen LogP contribution in [0.5, 0.6) is 11.5 Å². The van der Waals surface area contributed by atoms with Crippen molar-refractivity contribution in [3.8, 4) is 11.5 Å². The first-order chi connectivity index (χ1) is 12.0. The zero-order valence-electron chi connectivity index (χ0n) is 15.0. The molecule has 2 aromatic rings. The van der Waals surface area contributed by atoms with Crippen molar-refractivity contribution in [3.05, 3.63) is 57.6 Å². The van der Waals surface area contributed by atoms with E-state index < -0.39 is 0 Å². The third-order valence-electron chi connectivity index (χ3n) is 5.26. The molecule has 130 valence electrons. The van der Waals surface area contributed by atoms with Gasteiger partial charge in [0, 0.05) is 48.7 Å². The number of benzene rings is 2. The van der Waals surface area contributed by atoms with Crippen LogP contribution in [0.3, 0.4) is 0 Å². The number of amides is 1. The molecule has 2 heterocycles. The van der Waals surface area contributed by atoms with Gasteiger partial charge in [0.05, 0.1) is 13.2 Å². The quantitative estimate of drug-likeness (QED) is 0.861. The molecule has 2 aliphatic heterocycles. The second-order valence-electron chi connectivity index (χ2n) is 6.98. The van der Waals surface area contributed by atoms with E-state index >= 15 is 0 Å². The molecule has 1 amide bonds. The molecule has 0 saturated heterocycles. The van der Waals surface area contributed by atoms with Gasteiger partial charge < -0.3 is 14.4 Å². The highest BCUT2D eigenvalue weighted by molar-refractivity contribution is 5.94. The lowest BCUT2D eigenvalue weighted by atomic mass is 9.99. The average molecular weight is 337 g/mol. The molecule has 0 aromatic heterocycles. The van der Waals surface area contributed by atoms with Crippen molar-refractivity contribution < 1.29 is 14.3 Å². The van der Waals surface area contributed by atoms with E-state index in [4.69, 9.17) is 9.47 Å². The first-order valence-corrected chi connectivity index (χ1v) is 8.80. The topological polar surface area (TPSA) is 38.8 Å². The van der Waals surface area contributed by atoms with Gasteiger partial charge in [0.25, 0.3) is 5.91 Å². The Bertz CT molecular complexity index is 824. The highest BCUT2D eigenvalue weighted by Gasteiger charge is 2.28. The number of carbonyl (C=O) groups excluding carboxylic acids is 1. The highest BCUT2D eigenvalue weighted by atomic mass is 16.5. The Kier molecular flexibility index (Phi) is 3.91. The van der Waals surface area contributed by atoms with Crippen molar-refractivity contribution >= 4 is 5.91 Å². The summed E-state index contributed by atoms with van der Waals surface area (Å²) >= 11 is 0. The molecular formula is C21H23NO3. The smallest absolute Gasteiger partial charge is 0.253 e. The number of ether oxygens (including phenoxy) is 2. The van der Waals surface area contributed by atoms with Crippen LogP contribution in [0.15, 0.2) is 24.3 Å². The Balaban J connectivity index is 1.64. The van der Waals surface area contributed by atoms with Gasteiger partial charge in [-0.1, -0.05) is 6.07 Å². The lowest BCUT2D eigenvalue weighted by Gasteiger charge is -2.21. The summed E-state index contributed by atoms with van der Waals surface area (Å²) in [5, 5.41) is 0. The van der Waals surface area contributed by atoms with Crippen LogP contribution in [0.4, 0.5) is 0 Å². The summed E-state index contributed by atoms with van der Waals surface area (Å²) in [6, 6.07) is 7.98. The number of carbonyl (C=O) groups is 1. The molecule has 4 nitrogen and oxygen atoms in total. The molecule has 0 saturated carbocycles. The lowest BCUT2D eigenvalue weighted by Crippen LogP contribution is -2.27. The minimum Gasteiger partial charge on any atom is -0.493 e. The maximum atomic E-state index is 12.9. The van der Waals surface area contributed by atoms with Gasteiger partial charge in [-0.3, -0.25) is 4.79 Å². The molecule has 0 fully saturated rings. The predicted octanol–water partition coefficient (Wildman–Crippen LogP) is 3.45. The van der Waals surface area contributed by atoms with Crippen molar-refractivity contribution in [1.29, 1.82) is 0 Å². The third kappa shape index (κ3) is 2.76. The van der Waals surface area contributed by atoms with Crippen LogP contribution in [0.1, 0.15) is 38.2 Å². The van der Waals surface area contributed by atoms with Crippen LogP contribution in [-0.2, 0) is 19.4 Å². The maximum Gasteiger partial charge on any atom is 0.253 e. The van der Waals surface area contributed by atoms with Crippen molar-refractivity contribution in [2.75, 3.05) is 20.3 Å². The van der Waals surface area contributed by atoms with E-state index in [-0.39, 0.29) is 5.91 Å². The molecular weight excluding hydrogens is 314 g/mol. The summed E-state index contributed by atoms with van der Waals surface area (Å²) in [5.41, 5.74) is 6.57. The Morgan fingerprint density at radius 2 is 1.88 bits per heavy atom. The van der Waals surface area contributed by atoms with Gasteiger partial charge >= 0.3 is 0 Å². The van der Waals surface area contributed by atoms with E-state index in [0.29, 0.717) is 19.8 Å².